The molecule has 144 valence electrons. The molecule has 26 heavy (non-hydrogen) atoms. The lowest BCUT2D eigenvalue weighted by molar-refractivity contribution is -0.141. The molecule has 0 aliphatic heterocycles. The number of rotatable bonds is 9. The molecule has 2 amide bonds. The van der Waals surface area contributed by atoms with Crippen molar-refractivity contribution >= 4 is 11.8 Å². The average molecular weight is 360 g/mol. The summed E-state index contributed by atoms with van der Waals surface area (Å²) in [6, 6.07) is 3.37. The standard InChI is InChI=1S/C21H33N3O2/c1-3-5-15-24(19(25)10-4-2)20(17-11-9-14-22-16-17)21(26)23-18-12-7-6-8-13-18/h9,11,14,16,18,20H,3-8,10,12-13,15H2,1-2H3,(H,23,26). The Morgan fingerprint density at radius 1 is 1.23 bits per heavy atom. The molecule has 1 aromatic heterocycles. The fourth-order valence-electron chi connectivity index (χ4n) is 3.62. The lowest BCUT2D eigenvalue weighted by atomic mass is 9.94. The Hall–Kier alpha value is -1.91. The quantitative estimate of drug-likeness (QED) is 0.725. The molecular weight excluding hydrogens is 326 g/mol. The zero-order valence-electron chi connectivity index (χ0n) is 16.2. The van der Waals surface area contributed by atoms with Crippen LogP contribution in [0.4, 0.5) is 0 Å². The average Bonchev–Trinajstić information content (AvgIpc) is 2.66. The SMILES string of the molecule is CCCCN(C(=O)CCC)C(C(=O)NC1CCCCC1)c1cccnc1. The van der Waals surface area contributed by atoms with Crippen LogP contribution in [-0.4, -0.2) is 34.3 Å². The van der Waals surface area contributed by atoms with E-state index >= 15 is 0 Å². The molecule has 5 heteroatoms. The molecule has 1 fully saturated rings. The van der Waals surface area contributed by atoms with Gasteiger partial charge in [-0.2, -0.15) is 0 Å². The molecule has 0 saturated heterocycles. The molecular formula is C21H33N3O2. The van der Waals surface area contributed by atoms with E-state index in [2.05, 4.69) is 17.2 Å². The van der Waals surface area contributed by atoms with Crippen molar-refractivity contribution in [1.82, 2.24) is 15.2 Å². The van der Waals surface area contributed by atoms with Crippen LogP contribution < -0.4 is 5.32 Å². The third-order valence-corrected chi connectivity index (χ3v) is 5.05. The van der Waals surface area contributed by atoms with Gasteiger partial charge in [-0.15, -0.1) is 0 Å². The summed E-state index contributed by atoms with van der Waals surface area (Å²) in [5.74, 6) is -0.0148. The summed E-state index contributed by atoms with van der Waals surface area (Å²) in [6.07, 6.45) is 12.2. The first-order valence-corrected chi connectivity index (χ1v) is 10.2. The van der Waals surface area contributed by atoms with Gasteiger partial charge in [0.15, 0.2) is 0 Å². The molecule has 1 aliphatic rings. The Kier molecular flexibility index (Phi) is 8.59. The van der Waals surface area contributed by atoms with Gasteiger partial charge in [-0.1, -0.05) is 45.6 Å². The van der Waals surface area contributed by atoms with Crippen molar-refractivity contribution in [2.75, 3.05) is 6.54 Å². The van der Waals surface area contributed by atoms with E-state index < -0.39 is 6.04 Å². The third-order valence-electron chi connectivity index (χ3n) is 5.05. The van der Waals surface area contributed by atoms with E-state index in [1.54, 1.807) is 17.3 Å². The number of unbranched alkanes of at least 4 members (excludes halogenated alkanes) is 1. The second-order valence-electron chi connectivity index (χ2n) is 7.22. The van der Waals surface area contributed by atoms with E-state index in [1.807, 2.05) is 19.1 Å². The maximum Gasteiger partial charge on any atom is 0.247 e. The smallest absolute Gasteiger partial charge is 0.247 e. The van der Waals surface area contributed by atoms with Gasteiger partial charge >= 0.3 is 0 Å². The number of nitrogens with one attached hydrogen (secondary N) is 1. The highest BCUT2D eigenvalue weighted by Crippen LogP contribution is 2.24. The Bertz CT molecular complexity index is 556. The molecule has 1 N–H and O–H groups in total. The maximum absolute atomic E-state index is 13.2. The van der Waals surface area contributed by atoms with Gasteiger partial charge in [0.1, 0.15) is 6.04 Å². The highest BCUT2D eigenvalue weighted by molar-refractivity contribution is 5.88. The van der Waals surface area contributed by atoms with E-state index in [0.29, 0.717) is 13.0 Å². The minimum atomic E-state index is -0.587. The van der Waals surface area contributed by atoms with E-state index in [1.165, 1.54) is 6.42 Å². The molecule has 0 bridgehead atoms. The fourth-order valence-corrected chi connectivity index (χ4v) is 3.62. The van der Waals surface area contributed by atoms with E-state index in [4.69, 9.17) is 0 Å². The predicted molar refractivity (Wildman–Crippen MR) is 104 cm³/mol. The van der Waals surface area contributed by atoms with Gasteiger partial charge in [0, 0.05) is 37.0 Å². The zero-order chi connectivity index (χ0) is 18.8. The first-order chi connectivity index (χ1) is 12.7. The number of carbonyl (C=O) groups is 2. The minimum absolute atomic E-state index is 0.0496. The Morgan fingerprint density at radius 3 is 2.62 bits per heavy atom. The number of aromatic nitrogens is 1. The van der Waals surface area contributed by atoms with Crippen molar-refractivity contribution in [3.05, 3.63) is 30.1 Å². The Balaban J connectivity index is 2.24. The second kappa shape index (κ2) is 10.9. The van der Waals surface area contributed by atoms with Crippen LogP contribution >= 0.6 is 0 Å². The molecule has 5 nitrogen and oxygen atoms in total. The summed E-state index contributed by atoms with van der Waals surface area (Å²) in [6.45, 7) is 4.70. The van der Waals surface area contributed by atoms with Crippen LogP contribution in [0, 0.1) is 0 Å². The van der Waals surface area contributed by atoms with Crippen molar-refractivity contribution in [1.29, 1.82) is 0 Å². The molecule has 2 rings (SSSR count). The first-order valence-electron chi connectivity index (χ1n) is 10.2. The topological polar surface area (TPSA) is 62.3 Å². The second-order valence-corrected chi connectivity index (χ2v) is 7.22. The molecule has 1 aromatic rings. The van der Waals surface area contributed by atoms with Crippen LogP contribution in [0.2, 0.25) is 0 Å². The number of hydrogen-bond acceptors (Lipinski definition) is 3. The van der Waals surface area contributed by atoms with Crippen molar-refractivity contribution in [2.24, 2.45) is 0 Å². The summed E-state index contributed by atoms with van der Waals surface area (Å²) in [7, 11) is 0. The molecule has 0 aromatic carbocycles. The largest absolute Gasteiger partial charge is 0.351 e. The first kappa shape index (κ1) is 20.4. The van der Waals surface area contributed by atoms with Gasteiger partial charge in [-0.3, -0.25) is 14.6 Å². The lowest BCUT2D eigenvalue weighted by Crippen LogP contribution is -2.47. The predicted octanol–water partition coefficient (Wildman–Crippen LogP) is 4.00. The fraction of sp³-hybridized carbons (Fsp3) is 0.667. The summed E-state index contributed by atoms with van der Waals surface area (Å²) in [5.41, 5.74) is 0.793. The van der Waals surface area contributed by atoms with Crippen molar-refractivity contribution in [2.45, 2.75) is 83.7 Å². The monoisotopic (exact) mass is 359 g/mol. The van der Waals surface area contributed by atoms with Crippen LogP contribution in [-0.2, 0) is 9.59 Å². The van der Waals surface area contributed by atoms with E-state index in [0.717, 1.165) is 50.5 Å². The molecule has 1 saturated carbocycles. The number of pyridine rings is 1. The van der Waals surface area contributed by atoms with Crippen LogP contribution in [0.15, 0.2) is 24.5 Å². The van der Waals surface area contributed by atoms with Gasteiger partial charge in [0.25, 0.3) is 0 Å². The zero-order valence-corrected chi connectivity index (χ0v) is 16.2. The van der Waals surface area contributed by atoms with Crippen LogP contribution in [0.1, 0.15) is 83.2 Å². The van der Waals surface area contributed by atoms with E-state index in [9.17, 15) is 9.59 Å². The summed E-state index contributed by atoms with van der Waals surface area (Å²) in [4.78, 5) is 31.9. The third kappa shape index (κ3) is 5.82. The summed E-state index contributed by atoms with van der Waals surface area (Å²) in [5, 5.41) is 3.21. The number of amides is 2. The highest BCUT2D eigenvalue weighted by atomic mass is 16.2. The number of carbonyl (C=O) groups excluding carboxylic acids is 2. The van der Waals surface area contributed by atoms with Gasteiger partial charge in [-0.25, -0.2) is 0 Å². The molecule has 1 aliphatic carbocycles. The van der Waals surface area contributed by atoms with E-state index in [-0.39, 0.29) is 17.9 Å². The summed E-state index contributed by atoms with van der Waals surface area (Å²) >= 11 is 0. The van der Waals surface area contributed by atoms with Crippen LogP contribution in [0.5, 0.6) is 0 Å². The molecule has 0 spiro atoms. The van der Waals surface area contributed by atoms with Gasteiger partial charge < -0.3 is 10.2 Å². The van der Waals surface area contributed by atoms with Gasteiger partial charge in [0.05, 0.1) is 0 Å². The van der Waals surface area contributed by atoms with Crippen molar-refractivity contribution < 1.29 is 9.59 Å². The van der Waals surface area contributed by atoms with Crippen molar-refractivity contribution in [3.63, 3.8) is 0 Å². The summed E-state index contributed by atoms with van der Waals surface area (Å²) < 4.78 is 0. The Labute approximate surface area is 157 Å². The molecule has 1 atom stereocenters. The minimum Gasteiger partial charge on any atom is -0.351 e. The number of nitrogens with zero attached hydrogens (tertiary/aromatic N) is 2. The van der Waals surface area contributed by atoms with Crippen LogP contribution in [0.25, 0.3) is 0 Å². The van der Waals surface area contributed by atoms with Gasteiger partial charge in [0.2, 0.25) is 11.8 Å². The van der Waals surface area contributed by atoms with Crippen molar-refractivity contribution in [3.8, 4) is 0 Å². The normalized spacial score (nSPS) is 16.1. The lowest BCUT2D eigenvalue weighted by Gasteiger charge is -2.33. The molecule has 1 unspecified atom stereocenters. The Morgan fingerprint density at radius 2 is 2.00 bits per heavy atom. The highest BCUT2D eigenvalue weighted by Gasteiger charge is 2.32. The van der Waals surface area contributed by atoms with Crippen LogP contribution in [0.3, 0.4) is 0 Å². The number of hydrogen-bond donors (Lipinski definition) is 1. The molecule has 0 radical (unpaired) electrons. The molecule has 1 heterocycles. The maximum atomic E-state index is 13.2. The van der Waals surface area contributed by atoms with Gasteiger partial charge in [-0.05, 0) is 31.7 Å².